The molecule has 1 aliphatic carbocycles. The van der Waals surface area contributed by atoms with E-state index in [4.69, 9.17) is 16.2 Å². The third-order valence-corrected chi connectivity index (χ3v) is 3.66. The molecule has 1 fully saturated rings. The van der Waals surface area contributed by atoms with Gasteiger partial charge < -0.3 is 16.2 Å². The lowest BCUT2D eigenvalue weighted by Gasteiger charge is -2.30. The van der Waals surface area contributed by atoms with Gasteiger partial charge in [0.2, 0.25) is 11.8 Å². The van der Waals surface area contributed by atoms with Crippen LogP contribution in [-0.2, 0) is 14.3 Å². The third-order valence-electron chi connectivity index (χ3n) is 3.66. The smallest absolute Gasteiger partial charge is 0.248 e. The number of carbonyl (C=O) groups excluding carboxylic acids is 2. The molecule has 1 aliphatic heterocycles. The van der Waals surface area contributed by atoms with E-state index >= 15 is 0 Å². The lowest BCUT2D eigenvalue weighted by atomic mass is 9.74. The van der Waals surface area contributed by atoms with Gasteiger partial charge in [-0.3, -0.25) is 9.59 Å². The van der Waals surface area contributed by atoms with Crippen LogP contribution in [0.1, 0.15) is 25.7 Å². The molecule has 2 atom stereocenters. The zero-order chi connectivity index (χ0) is 13.2. The maximum Gasteiger partial charge on any atom is 0.248 e. The van der Waals surface area contributed by atoms with Crippen molar-refractivity contribution in [2.45, 2.75) is 31.8 Å². The Hall–Kier alpha value is -1.62. The van der Waals surface area contributed by atoms with Crippen molar-refractivity contribution in [3.05, 3.63) is 23.8 Å². The predicted octanol–water partition coefficient (Wildman–Crippen LogP) is 0.399. The van der Waals surface area contributed by atoms with Crippen molar-refractivity contribution in [1.82, 2.24) is 0 Å². The topological polar surface area (TPSA) is 95.4 Å². The van der Waals surface area contributed by atoms with Gasteiger partial charge in [0, 0.05) is 12.2 Å². The molecule has 5 nitrogen and oxygen atoms in total. The molecular weight excluding hydrogens is 232 g/mol. The van der Waals surface area contributed by atoms with Crippen LogP contribution >= 0.6 is 0 Å². The summed E-state index contributed by atoms with van der Waals surface area (Å²) < 4.78 is 5.55. The molecule has 0 aromatic heterocycles. The van der Waals surface area contributed by atoms with Crippen LogP contribution in [-0.4, -0.2) is 24.5 Å². The molecule has 1 heterocycles. The average molecular weight is 250 g/mol. The molecular formula is C13H18N2O3. The average Bonchev–Trinajstić information content (AvgIpc) is 2.82. The lowest BCUT2D eigenvalue weighted by Crippen LogP contribution is -2.39. The Morgan fingerprint density at radius 2 is 2.22 bits per heavy atom. The zero-order valence-corrected chi connectivity index (χ0v) is 10.2. The number of amides is 2. The number of primary amides is 2. The van der Waals surface area contributed by atoms with Crippen LogP contribution in [0.5, 0.6) is 0 Å². The summed E-state index contributed by atoms with van der Waals surface area (Å²) in [6, 6.07) is 0. The molecule has 0 bridgehead atoms. The number of carbonyl (C=O) groups is 2. The molecule has 18 heavy (non-hydrogen) atoms. The van der Waals surface area contributed by atoms with Crippen molar-refractivity contribution in [2.24, 2.45) is 16.9 Å². The Morgan fingerprint density at radius 1 is 1.44 bits per heavy atom. The first-order valence-corrected chi connectivity index (χ1v) is 6.14. The van der Waals surface area contributed by atoms with Crippen molar-refractivity contribution < 1.29 is 14.3 Å². The first kappa shape index (κ1) is 12.8. The summed E-state index contributed by atoms with van der Waals surface area (Å²) >= 11 is 0. The molecule has 2 aliphatic rings. The van der Waals surface area contributed by atoms with Crippen molar-refractivity contribution in [2.75, 3.05) is 6.61 Å². The summed E-state index contributed by atoms with van der Waals surface area (Å²) in [5, 5.41) is 0. The predicted molar refractivity (Wildman–Crippen MR) is 66.3 cm³/mol. The van der Waals surface area contributed by atoms with Crippen LogP contribution in [0.25, 0.3) is 0 Å². The van der Waals surface area contributed by atoms with E-state index in [1.54, 1.807) is 18.2 Å². The minimum absolute atomic E-state index is 0.0747. The van der Waals surface area contributed by atoms with Crippen molar-refractivity contribution in [3.63, 3.8) is 0 Å². The van der Waals surface area contributed by atoms with Crippen molar-refractivity contribution >= 4 is 11.8 Å². The van der Waals surface area contributed by atoms with Gasteiger partial charge in [0.05, 0.1) is 11.5 Å². The van der Waals surface area contributed by atoms with Crippen LogP contribution in [0.15, 0.2) is 23.8 Å². The molecule has 2 rings (SSSR count). The highest BCUT2D eigenvalue weighted by Gasteiger charge is 2.38. The summed E-state index contributed by atoms with van der Waals surface area (Å²) in [6.45, 7) is 0.742. The van der Waals surface area contributed by atoms with Gasteiger partial charge in [-0.2, -0.15) is 0 Å². The minimum atomic E-state index is -0.742. The maximum atomic E-state index is 11.7. The number of rotatable bonds is 4. The van der Waals surface area contributed by atoms with E-state index in [1.165, 1.54) is 0 Å². The fraction of sp³-hybridized carbons (Fsp3) is 0.538. The van der Waals surface area contributed by atoms with Crippen LogP contribution in [0, 0.1) is 5.41 Å². The fourth-order valence-corrected chi connectivity index (χ4v) is 2.51. The minimum Gasteiger partial charge on any atom is -0.378 e. The van der Waals surface area contributed by atoms with E-state index in [0.717, 1.165) is 19.4 Å². The van der Waals surface area contributed by atoms with Gasteiger partial charge in [-0.05, 0) is 25.7 Å². The Morgan fingerprint density at radius 3 is 2.67 bits per heavy atom. The third kappa shape index (κ3) is 2.46. The standard InChI is InChI=1S/C13H18N2O3/c14-11(16)9-3-5-13(6-4-9,12(15)17)8-10-2-1-7-18-10/h3-5,10H,1-2,6-8H2,(H2,14,16)(H2,15,17). The highest BCUT2D eigenvalue weighted by atomic mass is 16.5. The Bertz CT molecular complexity index is 422. The van der Waals surface area contributed by atoms with Crippen LogP contribution in [0.2, 0.25) is 0 Å². The van der Waals surface area contributed by atoms with E-state index < -0.39 is 11.3 Å². The molecule has 0 radical (unpaired) electrons. The lowest BCUT2D eigenvalue weighted by molar-refractivity contribution is -0.127. The summed E-state index contributed by atoms with van der Waals surface area (Å²) in [5.41, 5.74) is 10.4. The molecule has 4 N–H and O–H groups in total. The summed E-state index contributed by atoms with van der Waals surface area (Å²) in [5.74, 6) is -0.865. The van der Waals surface area contributed by atoms with Crippen molar-refractivity contribution in [1.29, 1.82) is 0 Å². The van der Waals surface area contributed by atoms with E-state index in [9.17, 15) is 9.59 Å². The SMILES string of the molecule is NC(=O)C1=CCC(CC2CCCO2)(C(N)=O)C=C1. The van der Waals surface area contributed by atoms with Gasteiger partial charge in [0.1, 0.15) is 0 Å². The summed E-state index contributed by atoms with van der Waals surface area (Å²) in [6.07, 6.45) is 8.01. The normalized spacial score (nSPS) is 31.1. The summed E-state index contributed by atoms with van der Waals surface area (Å²) in [4.78, 5) is 22.8. The van der Waals surface area contributed by atoms with Gasteiger partial charge in [-0.1, -0.05) is 18.2 Å². The van der Waals surface area contributed by atoms with Gasteiger partial charge in [-0.15, -0.1) is 0 Å². The first-order valence-electron chi connectivity index (χ1n) is 6.14. The second-order valence-corrected chi connectivity index (χ2v) is 4.92. The van der Waals surface area contributed by atoms with Crippen LogP contribution in [0.3, 0.4) is 0 Å². The van der Waals surface area contributed by atoms with E-state index in [1.807, 2.05) is 0 Å². The zero-order valence-electron chi connectivity index (χ0n) is 10.2. The molecule has 0 aromatic carbocycles. The molecule has 5 heteroatoms. The Balaban J connectivity index is 2.13. The number of allylic oxidation sites excluding steroid dienone is 1. The highest BCUT2D eigenvalue weighted by molar-refractivity contribution is 5.96. The monoisotopic (exact) mass is 250 g/mol. The fourth-order valence-electron chi connectivity index (χ4n) is 2.51. The van der Waals surface area contributed by atoms with Gasteiger partial charge in [0.15, 0.2) is 0 Å². The molecule has 2 amide bonds. The van der Waals surface area contributed by atoms with E-state index in [-0.39, 0.29) is 12.0 Å². The van der Waals surface area contributed by atoms with E-state index in [0.29, 0.717) is 18.4 Å². The number of hydrogen-bond donors (Lipinski definition) is 2. The number of ether oxygens (including phenoxy) is 1. The molecule has 0 spiro atoms. The molecule has 0 aromatic rings. The molecule has 2 unspecified atom stereocenters. The first-order chi connectivity index (χ1) is 8.53. The van der Waals surface area contributed by atoms with Gasteiger partial charge in [-0.25, -0.2) is 0 Å². The molecule has 1 saturated heterocycles. The quantitative estimate of drug-likeness (QED) is 0.756. The number of nitrogens with two attached hydrogens (primary N) is 2. The van der Waals surface area contributed by atoms with Gasteiger partial charge >= 0.3 is 0 Å². The molecule has 0 saturated carbocycles. The highest BCUT2D eigenvalue weighted by Crippen LogP contribution is 2.37. The van der Waals surface area contributed by atoms with Crippen molar-refractivity contribution in [3.8, 4) is 0 Å². The van der Waals surface area contributed by atoms with Crippen LogP contribution in [0.4, 0.5) is 0 Å². The Labute approximate surface area is 106 Å². The Kier molecular flexibility index (Phi) is 3.52. The largest absolute Gasteiger partial charge is 0.378 e. The summed E-state index contributed by atoms with van der Waals surface area (Å²) in [7, 11) is 0. The number of hydrogen-bond acceptors (Lipinski definition) is 3. The van der Waals surface area contributed by atoms with Gasteiger partial charge in [0.25, 0.3) is 0 Å². The maximum absolute atomic E-state index is 11.7. The second kappa shape index (κ2) is 4.94. The molecule has 98 valence electrons. The van der Waals surface area contributed by atoms with E-state index in [2.05, 4.69) is 0 Å². The second-order valence-electron chi connectivity index (χ2n) is 4.92. The van der Waals surface area contributed by atoms with Crippen LogP contribution < -0.4 is 11.5 Å².